The van der Waals surface area contributed by atoms with Gasteiger partial charge in [-0.1, -0.05) is 42.5 Å². The van der Waals surface area contributed by atoms with E-state index in [-0.39, 0.29) is 11.9 Å². The minimum Gasteiger partial charge on any atom is -0.310 e. The van der Waals surface area contributed by atoms with Crippen molar-refractivity contribution in [2.45, 2.75) is 45.3 Å². The zero-order valence-electron chi connectivity index (χ0n) is 16.2. The molecule has 0 radical (unpaired) electrons. The molecule has 2 heterocycles. The summed E-state index contributed by atoms with van der Waals surface area (Å²) in [7, 11) is 0. The zero-order valence-corrected chi connectivity index (χ0v) is 16.2. The predicted molar refractivity (Wildman–Crippen MR) is 110 cm³/mol. The van der Waals surface area contributed by atoms with E-state index in [9.17, 15) is 4.79 Å². The summed E-state index contributed by atoms with van der Waals surface area (Å²) in [6.45, 7) is 6.91. The van der Waals surface area contributed by atoms with Crippen LogP contribution in [0.15, 0.2) is 48.5 Å². The number of fused-ring (bicyclic) bond motifs is 1. The summed E-state index contributed by atoms with van der Waals surface area (Å²) in [4.78, 5) is 17.4. The van der Waals surface area contributed by atoms with Crippen LogP contribution in [-0.4, -0.2) is 36.5 Å². The summed E-state index contributed by atoms with van der Waals surface area (Å²) in [6.07, 6.45) is 3.57. The molecule has 1 amide bonds. The topological polar surface area (TPSA) is 35.6 Å². The molecular formula is C23H29N3O. The largest absolute Gasteiger partial charge is 0.310 e. The Labute approximate surface area is 162 Å². The third-order valence-electron chi connectivity index (χ3n) is 5.83. The standard InChI is InChI=1S/C23H29N3O/c1-18(23(27)26-15-12-19-8-4-5-11-22(19)26)24-16-20-9-2-3-10-21(20)17-25-13-6-7-14-25/h2-5,8-11,18,24H,6-7,12-17H2,1H3. The third kappa shape index (κ3) is 4.07. The molecule has 1 atom stereocenters. The average molecular weight is 364 g/mol. The van der Waals surface area contributed by atoms with Crippen molar-refractivity contribution in [2.24, 2.45) is 0 Å². The van der Waals surface area contributed by atoms with Gasteiger partial charge in [0.05, 0.1) is 6.04 Å². The second-order valence-electron chi connectivity index (χ2n) is 7.72. The van der Waals surface area contributed by atoms with Gasteiger partial charge in [-0.2, -0.15) is 0 Å². The molecule has 4 nitrogen and oxygen atoms in total. The Morgan fingerprint density at radius 1 is 1.00 bits per heavy atom. The number of carbonyl (C=O) groups is 1. The Balaban J connectivity index is 1.38. The number of amides is 1. The number of anilines is 1. The van der Waals surface area contributed by atoms with Gasteiger partial charge in [-0.3, -0.25) is 9.69 Å². The monoisotopic (exact) mass is 363 g/mol. The van der Waals surface area contributed by atoms with Crippen molar-refractivity contribution in [3.8, 4) is 0 Å². The fourth-order valence-corrected chi connectivity index (χ4v) is 4.22. The molecule has 1 saturated heterocycles. The lowest BCUT2D eigenvalue weighted by molar-refractivity contribution is -0.120. The van der Waals surface area contributed by atoms with Gasteiger partial charge < -0.3 is 10.2 Å². The van der Waals surface area contributed by atoms with Gasteiger partial charge in [-0.05, 0) is 62.0 Å². The van der Waals surface area contributed by atoms with Crippen LogP contribution in [0.25, 0.3) is 0 Å². The summed E-state index contributed by atoms with van der Waals surface area (Å²) in [6, 6.07) is 16.6. The molecule has 1 unspecified atom stereocenters. The lowest BCUT2D eigenvalue weighted by Gasteiger charge is -2.23. The lowest BCUT2D eigenvalue weighted by Crippen LogP contribution is -2.44. The van der Waals surface area contributed by atoms with Crippen LogP contribution in [0.1, 0.15) is 36.5 Å². The molecule has 1 N–H and O–H groups in total. The van der Waals surface area contributed by atoms with Gasteiger partial charge in [-0.15, -0.1) is 0 Å². The molecule has 2 aliphatic heterocycles. The lowest BCUT2D eigenvalue weighted by atomic mass is 10.1. The average Bonchev–Trinajstić information content (AvgIpc) is 3.36. The maximum absolute atomic E-state index is 12.9. The van der Waals surface area contributed by atoms with Crippen molar-refractivity contribution in [3.63, 3.8) is 0 Å². The summed E-state index contributed by atoms with van der Waals surface area (Å²) in [5.74, 6) is 0.164. The molecule has 1 fully saturated rings. The van der Waals surface area contributed by atoms with Crippen LogP contribution in [0, 0.1) is 0 Å². The van der Waals surface area contributed by atoms with Gasteiger partial charge >= 0.3 is 0 Å². The van der Waals surface area contributed by atoms with E-state index >= 15 is 0 Å². The number of carbonyl (C=O) groups excluding carboxylic acids is 1. The number of hydrogen-bond acceptors (Lipinski definition) is 3. The summed E-state index contributed by atoms with van der Waals surface area (Å²) < 4.78 is 0. The number of para-hydroxylation sites is 1. The maximum atomic E-state index is 12.9. The van der Waals surface area contributed by atoms with Crippen molar-refractivity contribution in [1.29, 1.82) is 0 Å². The van der Waals surface area contributed by atoms with E-state index in [0.717, 1.165) is 31.7 Å². The van der Waals surface area contributed by atoms with E-state index in [1.165, 1.54) is 42.6 Å². The van der Waals surface area contributed by atoms with Crippen LogP contribution in [0.2, 0.25) is 0 Å². The highest BCUT2D eigenvalue weighted by molar-refractivity contribution is 5.98. The van der Waals surface area contributed by atoms with E-state index in [1.807, 2.05) is 24.0 Å². The first-order valence-corrected chi connectivity index (χ1v) is 10.1. The van der Waals surface area contributed by atoms with Crippen LogP contribution in [0.5, 0.6) is 0 Å². The van der Waals surface area contributed by atoms with Crippen LogP contribution in [0.4, 0.5) is 5.69 Å². The second kappa shape index (κ2) is 8.24. The molecule has 0 aromatic heterocycles. The molecule has 2 aromatic rings. The first-order chi connectivity index (χ1) is 13.2. The molecule has 0 saturated carbocycles. The number of likely N-dealkylation sites (tertiary alicyclic amines) is 1. The van der Waals surface area contributed by atoms with Crippen molar-refractivity contribution in [1.82, 2.24) is 10.2 Å². The summed E-state index contributed by atoms with van der Waals surface area (Å²) in [5, 5.41) is 3.46. The zero-order chi connectivity index (χ0) is 18.6. The second-order valence-corrected chi connectivity index (χ2v) is 7.72. The van der Waals surface area contributed by atoms with Gasteiger partial charge in [0, 0.05) is 25.3 Å². The van der Waals surface area contributed by atoms with E-state index in [0.29, 0.717) is 0 Å². The van der Waals surface area contributed by atoms with Crippen molar-refractivity contribution < 1.29 is 4.79 Å². The number of nitrogens with zero attached hydrogens (tertiary/aromatic N) is 2. The molecular weight excluding hydrogens is 334 g/mol. The molecule has 4 rings (SSSR count). The highest BCUT2D eigenvalue weighted by atomic mass is 16.2. The van der Waals surface area contributed by atoms with E-state index in [2.05, 4.69) is 46.6 Å². The number of benzene rings is 2. The molecule has 0 bridgehead atoms. The first-order valence-electron chi connectivity index (χ1n) is 10.1. The minimum absolute atomic E-state index is 0.164. The Hall–Kier alpha value is -2.17. The Morgan fingerprint density at radius 3 is 2.52 bits per heavy atom. The Bertz CT molecular complexity index is 798. The molecule has 2 aliphatic rings. The van der Waals surface area contributed by atoms with Crippen molar-refractivity contribution in [3.05, 3.63) is 65.2 Å². The van der Waals surface area contributed by atoms with Crippen molar-refractivity contribution in [2.75, 3.05) is 24.5 Å². The highest BCUT2D eigenvalue weighted by Crippen LogP contribution is 2.28. The van der Waals surface area contributed by atoms with E-state index in [1.54, 1.807) is 0 Å². The molecule has 0 aliphatic carbocycles. The van der Waals surface area contributed by atoms with Gasteiger partial charge in [0.25, 0.3) is 0 Å². The quantitative estimate of drug-likeness (QED) is 0.855. The van der Waals surface area contributed by atoms with Crippen molar-refractivity contribution >= 4 is 11.6 Å². The Morgan fingerprint density at radius 2 is 1.70 bits per heavy atom. The maximum Gasteiger partial charge on any atom is 0.243 e. The third-order valence-corrected chi connectivity index (χ3v) is 5.83. The fourth-order valence-electron chi connectivity index (χ4n) is 4.22. The van der Waals surface area contributed by atoms with Gasteiger partial charge in [0.15, 0.2) is 0 Å². The molecule has 0 spiro atoms. The normalized spacial score (nSPS) is 17.9. The fraction of sp³-hybridized carbons (Fsp3) is 0.435. The molecule has 4 heteroatoms. The van der Waals surface area contributed by atoms with Crippen LogP contribution in [-0.2, 0) is 24.3 Å². The molecule has 142 valence electrons. The predicted octanol–water partition coefficient (Wildman–Crippen LogP) is 3.35. The van der Waals surface area contributed by atoms with Gasteiger partial charge in [0.2, 0.25) is 5.91 Å². The number of rotatable bonds is 6. The number of hydrogen-bond donors (Lipinski definition) is 1. The van der Waals surface area contributed by atoms with Crippen LogP contribution < -0.4 is 10.2 Å². The summed E-state index contributed by atoms with van der Waals surface area (Å²) in [5.41, 5.74) is 5.02. The SMILES string of the molecule is CC(NCc1ccccc1CN1CCCC1)C(=O)N1CCc2ccccc21. The van der Waals surface area contributed by atoms with Crippen LogP contribution >= 0.6 is 0 Å². The van der Waals surface area contributed by atoms with Gasteiger partial charge in [-0.25, -0.2) is 0 Å². The van der Waals surface area contributed by atoms with E-state index < -0.39 is 0 Å². The van der Waals surface area contributed by atoms with E-state index in [4.69, 9.17) is 0 Å². The van der Waals surface area contributed by atoms with Gasteiger partial charge in [0.1, 0.15) is 0 Å². The Kier molecular flexibility index (Phi) is 5.55. The molecule has 2 aromatic carbocycles. The highest BCUT2D eigenvalue weighted by Gasteiger charge is 2.27. The first kappa shape index (κ1) is 18.2. The van der Waals surface area contributed by atoms with Crippen LogP contribution in [0.3, 0.4) is 0 Å². The minimum atomic E-state index is -0.198. The smallest absolute Gasteiger partial charge is 0.243 e. The molecule has 27 heavy (non-hydrogen) atoms. The number of nitrogens with one attached hydrogen (secondary N) is 1. The summed E-state index contributed by atoms with van der Waals surface area (Å²) >= 11 is 0.